The summed E-state index contributed by atoms with van der Waals surface area (Å²) in [6.07, 6.45) is 6.32. The summed E-state index contributed by atoms with van der Waals surface area (Å²) in [7, 11) is 5.20. The Labute approximate surface area is 321 Å². The maximum Gasteiger partial charge on any atom is 0.441 e. The van der Waals surface area contributed by atoms with Crippen molar-refractivity contribution in [2.45, 2.75) is 83.1 Å². The van der Waals surface area contributed by atoms with Crippen molar-refractivity contribution in [3.63, 3.8) is 0 Å². The van der Waals surface area contributed by atoms with Gasteiger partial charge >= 0.3 is 5.76 Å². The lowest BCUT2D eigenvalue weighted by molar-refractivity contribution is 0.377. The SMILES string of the molecule is Cc1cnc(C)o1.Cc1cnco1.Cc1ncnn1C.Cc1nnc(C)o1.Cc1nnn(C)n1.Cc1noc(=O)n1C.Cc1noc(C)n1.Cc1noc(C)n1. The second-order valence-electron chi connectivity index (χ2n) is 11.0. The summed E-state index contributed by atoms with van der Waals surface area (Å²) in [5, 5.41) is 32.5. The van der Waals surface area contributed by atoms with Crippen LogP contribution in [0.25, 0.3) is 0 Å². The molecule has 0 saturated heterocycles. The van der Waals surface area contributed by atoms with Crippen molar-refractivity contribution in [1.82, 2.24) is 85.1 Å². The van der Waals surface area contributed by atoms with Crippen LogP contribution in [0.1, 0.15) is 70.1 Å². The summed E-state index contributed by atoms with van der Waals surface area (Å²) in [4.78, 5) is 30.8. The van der Waals surface area contributed by atoms with E-state index >= 15 is 0 Å². The first-order valence-electron chi connectivity index (χ1n) is 16.4. The number of rotatable bonds is 0. The van der Waals surface area contributed by atoms with E-state index in [-0.39, 0.29) is 0 Å². The van der Waals surface area contributed by atoms with E-state index in [1.54, 1.807) is 86.6 Å². The molecule has 0 atom stereocenters. The highest BCUT2D eigenvalue weighted by atomic mass is 16.5. The van der Waals surface area contributed by atoms with Crippen LogP contribution in [0.2, 0.25) is 0 Å². The number of oxazole rings is 2. The molecule has 8 aromatic heterocycles. The third-order valence-corrected chi connectivity index (χ3v) is 5.74. The molecule has 0 aliphatic rings. The Morgan fingerprint density at radius 1 is 0.571 bits per heavy atom. The van der Waals surface area contributed by atoms with Crippen LogP contribution in [0.3, 0.4) is 0 Å². The third-order valence-electron chi connectivity index (χ3n) is 5.74. The first kappa shape index (κ1) is 47.0. The second-order valence-corrected chi connectivity index (χ2v) is 11.0. The van der Waals surface area contributed by atoms with Gasteiger partial charge in [0.1, 0.15) is 23.7 Å². The van der Waals surface area contributed by atoms with Crippen molar-refractivity contribution < 1.29 is 26.8 Å². The smallest absolute Gasteiger partial charge is 0.441 e. The highest BCUT2D eigenvalue weighted by Gasteiger charge is 1.97. The summed E-state index contributed by atoms with van der Waals surface area (Å²) < 4.78 is 31.1. The van der Waals surface area contributed by atoms with Gasteiger partial charge in [-0.05, 0) is 53.7 Å². The molecular weight excluding hydrogens is 734 g/mol. The van der Waals surface area contributed by atoms with Crippen molar-refractivity contribution in [3.8, 4) is 0 Å². The van der Waals surface area contributed by atoms with Crippen molar-refractivity contribution in [3.05, 3.63) is 106 Å². The minimum atomic E-state index is -0.414. The van der Waals surface area contributed by atoms with Gasteiger partial charge in [0.15, 0.2) is 35.6 Å². The van der Waals surface area contributed by atoms with Gasteiger partial charge in [-0.3, -0.25) is 13.8 Å². The summed E-state index contributed by atoms with van der Waals surface area (Å²) in [5.74, 6) is 8.17. The maximum atomic E-state index is 10.4. The molecule has 56 heavy (non-hydrogen) atoms. The molecule has 8 heterocycles. The molecule has 8 aromatic rings. The van der Waals surface area contributed by atoms with E-state index in [0.717, 1.165) is 23.2 Å². The fourth-order valence-corrected chi connectivity index (χ4v) is 3.04. The fraction of sp³-hybridized carbons (Fsp3) is 0.469. The molecule has 0 amide bonds. The van der Waals surface area contributed by atoms with Gasteiger partial charge in [-0.25, -0.2) is 19.7 Å². The van der Waals surface area contributed by atoms with Crippen molar-refractivity contribution in [1.29, 1.82) is 0 Å². The molecular formula is C32H49N17O7. The van der Waals surface area contributed by atoms with Gasteiger partial charge in [0, 0.05) is 48.7 Å². The molecule has 0 aliphatic heterocycles. The number of hydrogen-bond acceptors (Lipinski definition) is 21. The molecule has 0 aliphatic carbocycles. The average Bonchev–Trinajstić information content (AvgIpc) is 4.03. The zero-order valence-electron chi connectivity index (χ0n) is 34.3. The minimum Gasteiger partial charge on any atom is -0.449 e. The van der Waals surface area contributed by atoms with Crippen molar-refractivity contribution in [2.75, 3.05) is 0 Å². The number of aryl methyl sites for hydroxylation is 14. The quantitative estimate of drug-likeness (QED) is 0.212. The van der Waals surface area contributed by atoms with Crippen LogP contribution in [0.15, 0.2) is 56.7 Å². The van der Waals surface area contributed by atoms with Crippen LogP contribution in [-0.2, 0) is 21.1 Å². The lowest BCUT2D eigenvalue weighted by atomic mass is 10.6. The summed E-state index contributed by atoms with van der Waals surface area (Å²) in [6, 6.07) is 0. The fourth-order valence-electron chi connectivity index (χ4n) is 3.04. The van der Waals surface area contributed by atoms with E-state index in [1.165, 1.54) is 22.1 Å². The molecule has 0 radical (unpaired) electrons. The number of tetrazole rings is 1. The monoisotopic (exact) mass is 783 g/mol. The third kappa shape index (κ3) is 21.5. The molecule has 0 fully saturated rings. The predicted molar refractivity (Wildman–Crippen MR) is 194 cm³/mol. The van der Waals surface area contributed by atoms with E-state index in [9.17, 15) is 4.79 Å². The van der Waals surface area contributed by atoms with E-state index < -0.39 is 5.76 Å². The minimum absolute atomic E-state index is 0.414. The second kappa shape index (κ2) is 25.1. The number of aromatic nitrogens is 17. The van der Waals surface area contributed by atoms with E-state index in [1.807, 2.05) is 34.7 Å². The van der Waals surface area contributed by atoms with Gasteiger partial charge < -0.3 is 22.3 Å². The van der Waals surface area contributed by atoms with E-state index in [0.29, 0.717) is 46.9 Å². The molecule has 24 nitrogen and oxygen atoms in total. The average molecular weight is 784 g/mol. The van der Waals surface area contributed by atoms with Crippen LogP contribution < -0.4 is 5.76 Å². The normalized spacial score (nSPS) is 9.41. The zero-order chi connectivity index (χ0) is 42.2. The molecule has 0 bridgehead atoms. The van der Waals surface area contributed by atoms with E-state index in [4.69, 9.17) is 13.3 Å². The summed E-state index contributed by atoms with van der Waals surface area (Å²) in [6.45, 7) is 21.6. The Bertz CT molecular complexity index is 1910. The van der Waals surface area contributed by atoms with Crippen LogP contribution in [-0.4, -0.2) is 85.1 Å². The zero-order valence-corrected chi connectivity index (χ0v) is 34.3. The van der Waals surface area contributed by atoms with Crippen molar-refractivity contribution >= 4 is 0 Å². The molecule has 8 rings (SSSR count). The Balaban J connectivity index is 0.000000320. The molecule has 24 heteroatoms. The number of nitrogens with zero attached hydrogens (tertiary/aromatic N) is 17. The summed E-state index contributed by atoms with van der Waals surface area (Å²) in [5.41, 5.74) is 0. The van der Waals surface area contributed by atoms with Crippen LogP contribution in [0.5, 0.6) is 0 Å². The standard InChI is InChI=1S/C5H7NO.C4H7N3.C4H6N2O2.3C4H6N2O.C4H5NO.C3H6N4/c1-4-3-6-5(2)7-4;1-4-5-3-6-7(4)2;1-3-5-8-4(7)6(3)2;1-3-5-6-4(2)7-3;2*1-3-5-4(2)7-6-3;1-4-2-5-3-6-4;1-3-4-6-7(2)5-3/h2*3H,1-2H3;1-2H3;3*1-2H3;2-3H,1H3;1-2H3. The van der Waals surface area contributed by atoms with Crippen LogP contribution in [0.4, 0.5) is 0 Å². The van der Waals surface area contributed by atoms with Gasteiger partial charge in [0.05, 0.1) is 19.4 Å². The Morgan fingerprint density at radius 3 is 1.29 bits per heavy atom. The van der Waals surface area contributed by atoms with Gasteiger partial charge in [0.2, 0.25) is 23.6 Å². The largest absolute Gasteiger partial charge is 0.449 e. The lowest BCUT2D eigenvalue weighted by Gasteiger charge is -1.84. The molecule has 0 N–H and O–H groups in total. The first-order valence-corrected chi connectivity index (χ1v) is 16.4. The van der Waals surface area contributed by atoms with Crippen LogP contribution in [0, 0.1) is 83.1 Å². The number of hydrogen-bond donors (Lipinski definition) is 0. The predicted octanol–water partition coefficient (Wildman–Crippen LogP) is 3.66. The molecule has 304 valence electrons. The van der Waals surface area contributed by atoms with E-state index in [2.05, 4.69) is 84.7 Å². The first-order chi connectivity index (χ1) is 26.4. The van der Waals surface area contributed by atoms with Gasteiger partial charge in [-0.2, -0.15) is 19.9 Å². The van der Waals surface area contributed by atoms with Crippen molar-refractivity contribution in [2.24, 2.45) is 21.1 Å². The Hall–Kier alpha value is -7.01. The topological polar surface area (TPSA) is 291 Å². The Morgan fingerprint density at radius 2 is 1.16 bits per heavy atom. The molecule has 0 saturated carbocycles. The molecule has 0 aromatic carbocycles. The molecule has 0 spiro atoms. The summed E-state index contributed by atoms with van der Waals surface area (Å²) >= 11 is 0. The lowest BCUT2D eigenvalue weighted by Crippen LogP contribution is -2.09. The van der Waals surface area contributed by atoms with Gasteiger partial charge in [-0.15, -0.1) is 20.4 Å². The highest BCUT2D eigenvalue weighted by Crippen LogP contribution is 1.97. The highest BCUT2D eigenvalue weighted by molar-refractivity contribution is 4.87. The Kier molecular flexibility index (Phi) is 21.1. The van der Waals surface area contributed by atoms with Gasteiger partial charge in [-0.1, -0.05) is 15.5 Å². The van der Waals surface area contributed by atoms with Crippen LogP contribution >= 0.6 is 0 Å². The molecule has 0 unspecified atom stereocenters. The maximum absolute atomic E-state index is 10.4. The van der Waals surface area contributed by atoms with Gasteiger partial charge in [0.25, 0.3) is 0 Å².